The highest BCUT2D eigenvalue weighted by molar-refractivity contribution is 4.96. The highest BCUT2D eigenvalue weighted by atomic mass is 16.5. The van der Waals surface area contributed by atoms with E-state index >= 15 is 0 Å². The molecule has 0 heterocycles. The molecule has 0 unspecified atom stereocenters. The van der Waals surface area contributed by atoms with E-state index in [1.54, 1.807) is 0 Å². The summed E-state index contributed by atoms with van der Waals surface area (Å²) in [5.74, 6) is 2.66. The fraction of sp³-hybridized carbons (Fsp3) is 1.00. The minimum atomic E-state index is 0.660. The van der Waals surface area contributed by atoms with Crippen LogP contribution in [-0.4, -0.2) is 25.8 Å². The van der Waals surface area contributed by atoms with Crippen LogP contribution in [0.3, 0.4) is 0 Å². The molecule has 2 heteroatoms. The molecule has 88 valence electrons. The molecule has 0 amide bonds. The van der Waals surface area contributed by atoms with Gasteiger partial charge in [-0.3, -0.25) is 0 Å². The Balaban J connectivity index is 1.51. The Bertz CT molecular complexity index is 173. The molecule has 1 N–H and O–H groups in total. The van der Waals surface area contributed by atoms with Gasteiger partial charge in [0.1, 0.15) is 0 Å². The summed E-state index contributed by atoms with van der Waals surface area (Å²) >= 11 is 0. The van der Waals surface area contributed by atoms with Gasteiger partial charge in [0.2, 0.25) is 0 Å². The van der Waals surface area contributed by atoms with Crippen molar-refractivity contribution in [2.24, 2.45) is 17.8 Å². The first-order valence-corrected chi connectivity index (χ1v) is 6.58. The Hall–Kier alpha value is -0.0800. The monoisotopic (exact) mass is 211 g/mol. The molecule has 0 saturated heterocycles. The third-order valence-corrected chi connectivity index (χ3v) is 3.34. The van der Waals surface area contributed by atoms with Gasteiger partial charge in [-0.1, -0.05) is 13.8 Å². The van der Waals surface area contributed by atoms with E-state index in [1.165, 1.54) is 25.7 Å². The molecule has 0 aliphatic heterocycles. The van der Waals surface area contributed by atoms with Crippen LogP contribution in [0.5, 0.6) is 0 Å². The fourth-order valence-electron chi connectivity index (χ4n) is 2.25. The van der Waals surface area contributed by atoms with Crippen LogP contribution < -0.4 is 5.32 Å². The largest absolute Gasteiger partial charge is 0.380 e. The van der Waals surface area contributed by atoms with Crippen LogP contribution in [0.15, 0.2) is 0 Å². The zero-order valence-corrected chi connectivity index (χ0v) is 10.2. The molecule has 2 nitrogen and oxygen atoms in total. The van der Waals surface area contributed by atoms with E-state index in [9.17, 15) is 0 Å². The Morgan fingerprint density at radius 1 is 1.13 bits per heavy atom. The van der Waals surface area contributed by atoms with Gasteiger partial charge in [0, 0.05) is 19.2 Å². The Labute approximate surface area is 93.8 Å². The van der Waals surface area contributed by atoms with Crippen molar-refractivity contribution < 1.29 is 4.74 Å². The molecule has 0 atom stereocenters. The van der Waals surface area contributed by atoms with E-state index in [-0.39, 0.29) is 0 Å². The van der Waals surface area contributed by atoms with E-state index < -0.39 is 0 Å². The number of nitrogens with one attached hydrogen (secondary N) is 1. The van der Waals surface area contributed by atoms with Gasteiger partial charge in [-0.2, -0.15) is 0 Å². The minimum Gasteiger partial charge on any atom is -0.380 e. The lowest BCUT2D eigenvalue weighted by Gasteiger charge is -2.17. The molecule has 15 heavy (non-hydrogen) atoms. The third kappa shape index (κ3) is 4.12. The quantitative estimate of drug-likeness (QED) is 0.623. The molecular formula is C13H25NO. The summed E-state index contributed by atoms with van der Waals surface area (Å²) in [5, 5.41) is 3.69. The van der Waals surface area contributed by atoms with E-state index in [4.69, 9.17) is 4.74 Å². The second-order valence-electron chi connectivity index (χ2n) is 5.62. The Morgan fingerprint density at radius 3 is 2.20 bits per heavy atom. The average Bonchev–Trinajstić information content (AvgIpc) is 3.00. The van der Waals surface area contributed by atoms with Crippen LogP contribution in [0, 0.1) is 17.8 Å². The van der Waals surface area contributed by atoms with Gasteiger partial charge in [-0.05, 0) is 43.4 Å². The number of hydrogen-bond acceptors (Lipinski definition) is 2. The lowest BCUT2D eigenvalue weighted by molar-refractivity contribution is 0.109. The van der Waals surface area contributed by atoms with E-state index in [2.05, 4.69) is 19.2 Å². The van der Waals surface area contributed by atoms with Crippen LogP contribution in [0.1, 0.15) is 39.5 Å². The Kier molecular flexibility index (Phi) is 4.04. The summed E-state index contributed by atoms with van der Waals surface area (Å²) in [6, 6.07) is 0.827. The first-order valence-electron chi connectivity index (χ1n) is 6.58. The molecule has 0 radical (unpaired) electrons. The number of hydrogen-bond donors (Lipinski definition) is 1. The van der Waals surface area contributed by atoms with Crippen molar-refractivity contribution in [1.29, 1.82) is 0 Å². The standard InChI is InChI=1S/C13H25NO/c1-10(2)9-15-8-7-14-13(11-3-4-11)12-5-6-12/h10-14H,3-9H2,1-2H3. The maximum absolute atomic E-state index is 5.58. The van der Waals surface area contributed by atoms with Gasteiger partial charge in [0.15, 0.2) is 0 Å². The SMILES string of the molecule is CC(C)COCCNC(C1CC1)C1CC1. The third-order valence-electron chi connectivity index (χ3n) is 3.34. The normalized spacial score (nSPS) is 21.6. The molecule has 2 aliphatic rings. The van der Waals surface area contributed by atoms with Crippen LogP contribution in [0.25, 0.3) is 0 Å². The zero-order valence-electron chi connectivity index (χ0n) is 10.2. The summed E-state index contributed by atoms with van der Waals surface area (Å²) in [4.78, 5) is 0. The van der Waals surface area contributed by atoms with Gasteiger partial charge in [0.05, 0.1) is 6.61 Å². The summed E-state index contributed by atoms with van der Waals surface area (Å²) in [6.45, 7) is 7.23. The molecule has 0 aromatic heterocycles. The second kappa shape index (κ2) is 5.31. The maximum atomic E-state index is 5.58. The number of ether oxygens (including phenoxy) is 1. The highest BCUT2D eigenvalue weighted by Gasteiger charge is 2.40. The van der Waals surface area contributed by atoms with Crippen molar-refractivity contribution in [1.82, 2.24) is 5.32 Å². The van der Waals surface area contributed by atoms with Crippen molar-refractivity contribution in [2.45, 2.75) is 45.6 Å². The Morgan fingerprint density at radius 2 is 1.73 bits per heavy atom. The van der Waals surface area contributed by atoms with Crippen LogP contribution in [0.4, 0.5) is 0 Å². The zero-order chi connectivity index (χ0) is 10.7. The average molecular weight is 211 g/mol. The molecule has 2 saturated carbocycles. The molecule has 0 aromatic carbocycles. The van der Waals surface area contributed by atoms with Crippen molar-refractivity contribution in [3.05, 3.63) is 0 Å². The summed E-state index contributed by atoms with van der Waals surface area (Å²) in [6.07, 6.45) is 5.84. The predicted molar refractivity (Wildman–Crippen MR) is 62.9 cm³/mol. The predicted octanol–water partition coefficient (Wildman–Crippen LogP) is 2.44. The molecule has 2 rings (SSSR count). The minimum absolute atomic E-state index is 0.660. The summed E-state index contributed by atoms with van der Waals surface area (Å²) < 4.78 is 5.58. The van der Waals surface area contributed by atoms with Gasteiger partial charge >= 0.3 is 0 Å². The molecule has 0 bridgehead atoms. The maximum Gasteiger partial charge on any atom is 0.0591 e. The first-order chi connectivity index (χ1) is 7.27. The van der Waals surface area contributed by atoms with Crippen LogP contribution >= 0.6 is 0 Å². The summed E-state index contributed by atoms with van der Waals surface area (Å²) in [7, 11) is 0. The molecule has 2 fully saturated rings. The molecule has 2 aliphatic carbocycles. The molecular weight excluding hydrogens is 186 g/mol. The summed E-state index contributed by atoms with van der Waals surface area (Å²) in [5.41, 5.74) is 0. The smallest absolute Gasteiger partial charge is 0.0591 e. The second-order valence-corrected chi connectivity index (χ2v) is 5.62. The molecule has 0 spiro atoms. The highest BCUT2D eigenvalue weighted by Crippen LogP contribution is 2.44. The lowest BCUT2D eigenvalue weighted by Crippen LogP contribution is -2.35. The van der Waals surface area contributed by atoms with E-state index in [0.717, 1.165) is 37.6 Å². The van der Waals surface area contributed by atoms with Gasteiger partial charge in [-0.25, -0.2) is 0 Å². The lowest BCUT2D eigenvalue weighted by atomic mass is 10.1. The van der Waals surface area contributed by atoms with Crippen molar-refractivity contribution in [2.75, 3.05) is 19.8 Å². The van der Waals surface area contributed by atoms with E-state index in [0.29, 0.717) is 5.92 Å². The van der Waals surface area contributed by atoms with E-state index in [1.807, 2.05) is 0 Å². The number of rotatable bonds is 8. The fourth-order valence-corrected chi connectivity index (χ4v) is 2.25. The van der Waals surface area contributed by atoms with Gasteiger partial charge in [0.25, 0.3) is 0 Å². The van der Waals surface area contributed by atoms with Gasteiger partial charge in [-0.15, -0.1) is 0 Å². The topological polar surface area (TPSA) is 21.3 Å². The van der Waals surface area contributed by atoms with Crippen molar-refractivity contribution >= 4 is 0 Å². The van der Waals surface area contributed by atoms with Crippen molar-refractivity contribution in [3.63, 3.8) is 0 Å². The van der Waals surface area contributed by atoms with Crippen LogP contribution in [-0.2, 0) is 4.74 Å². The van der Waals surface area contributed by atoms with Gasteiger partial charge < -0.3 is 10.1 Å². The van der Waals surface area contributed by atoms with Crippen LogP contribution in [0.2, 0.25) is 0 Å². The van der Waals surface area contributed by atoms with Crippen molar-refractivity contribution in [3.8, 4) is 0 Å². The molecule has 0 aromatic rings. The first kappa shape index (κ1) is 11.4.